The highest BCUT2D eigenvalue weighted by Crippen LogP contribution is 2.43. The largest absolute Gasteiger partial charge is 0.358 e. The zero-order chi connectivity index (χ0) is 11.8. The van der Waals surface area contributed by atoms with Crippen LogP contribution in [0.4, 0.5) is 0 Å². The van der Waals surface area contributed by atoms with E-state index in [4.69, 9.17) is 4.74 Å². The number of hydrogen-bond donors (Lipinski definition) is 1. The van der Waals surface area contributed by atoms with Crippen LogP contribution in [-0.4, -0.2) is 18.4 Å². The Morgan fingerprint density at radius 1 is 1.12 bits per heavy atom. The molecule has 94 valence electrons. The van der Waals surface area contributed by atoms with E-state index in [-0.39, 0.29) is 5.72 Å². The van der Waals surface area contributed by atoms with E-state index in [9.17, 15) is 0 Å². The third-order valence-electron chi connectivity index (χ3n) is 4.44. The molecular formula is C14H27NO. The van der Waals surface area contributed by atoms with Gasteiger partial charge in [-0.15, -0.1) is 0 Å². The molecule has 2 heteroatoms. The van der Waals surface area contributed by atoms with Crippen LogP contribution in [0.2, 0.25) is 0 Å². The summed E-state index contributed by atoms with van der Waals surface area (Å²) >= 11 is 0. The molecule has 1 aliphatic carbocycles. The molecule has 0 radical (unpaired) electrons. The molecule has 0 aromatic heterocycles. The van der Waals surface area contributed by atoms with Crippen LogP contribution in [0.5, 0.6) is 0 Å². The second-order valence-corrected chi connectivity index (χ2v) is 6.78. The Labute approximate surface area is 100 Å². The summed E-state index contributed by atoms with van der Waals surface area (Å²) in [5.41, 5.74) is 0.487. The van der Waals surface area contributed by atoms with Crippen molar-refractivity contribution < 1.29 is 4.74 Å². The summed E-state index contributed by atoms with van der Waals surface area (Å²) in [5.74, 6) is 0.862. The Balaban J connectivity index is 1.93. The van der Waals surface area contributed by atoms with Crippen molar-refractivity contribution in [2.24, 2.45) is 11.3 Å². The molecule has 1 atom stereocenters. The molecule has 1 spiro atoms. The molecule has 2 rings (SSSR count). The highest BCUT2D eigenvalue weighted by atomic mass is 16.5. The fourth-order valence-electron chi connectivity index (χ4n) is 3.23. The van der Waals surface area contributed by atoms with Gasteiger partial charge >= 0.3 is 0 Å². The minimum absolute atomic E-state index is 0.0272. The summed E-state index contributed by atoms with van der Waals surface area (Å²) < 4.78 is 6.16. The van der Waals surface area contributed by atoms with E-state index in [1.54, 1.807) is 0 Å². The fourth-order valence-corrected chi connectivity index (χ4v) is 3.23. The van der Waals surface area contributed by atoms with Crippen LogP contribution >= 0.6 is 0 Å². The lowest BCUT2D eigenvalue weighted by Crippen LogP contribution is -2.56. The molecule has 1 heterocycles. The van der Waals surface area contributed by atoms with Crippen LogP contribution in [0.3, 0.4) is 0 Å². The van der Waals surface area contributed by atoms with E-state index >= 15 is 0 Å². The summed E-state index contributed by atoms with van der Waals surface area (Å²) in [6, 6.07) is 0. The SMILES string of the molecule is CC1CCNC2(CCC(C(C)(C)C)CC2)O1. The molecule has 1 unspecified atom stereocenters. The molecular weight excluding hydrogens is 198 g/mol. The molecule has 1 saturated carbocycles. The molecule has 0 aromatic rings. The molecule has 2 nitrogen and oxygen atoms in total. The van der Waals surface area contributed by atoms with Crippen molar-refractivity contribution in [1.29, 1.82) is 0 Å². The van der Waals surface area contributed by atoms with E-state index in [2.05, 4.69) is 33.0 Å². The van der Waals surface area contributed by atoms with Gasteiger partial charge in [0.15, 0.2) is 0 Å². The number of nitrogens with one attached hydrogen (secondary N) is 1. The van der Waals surface area contributed by atoms with Crippen molar-refractivity contribution >= 4 is 0 Å². The maximum Gasteiger partial charge on any atom is 0.119 e. The Morgan fingerprint density at radius 2 is 1.75 bits per heavy atom. The predicted octanol–water partition coefficient (Wildman–Crippen LogP) is 3.32. The van der Waals surface area contributed by atoms with Gasteiger partial charge in [-0.3, -0.25) is 5.32 Å². The van der Waals surface area contributed by atoms with Crippen LogP contribution in [0.15, 0.2) is 0 Å². The zero-order valence-corrected chi connectivity index (χ0v) is 11.3. The van der Waals surface area contributed by atoms with Gasteiger partial charge in [-0.25, -0.2) is 0 Å². The average Bonchev–Trinajstić information content (AvgIpc) is 2.16. The second-order valence-electron chi connectivity index (χ2n) is 6.78. The zero-order valence-electron chi connectivity index (χ0n) is 11.3. The lowest BCUT2D eigenvalue weighted by Gasteiger charge is -2.47. The summed E-state index contributed by atoms with van der Waals surface area (Å²) in [5, 5.41) is 3.61. The van der Waals surface area contributed by atoms with Crippen molar-refractivity contribution in [3.05, 3.63) is 0 Å². The van der Waals surface area contributed by atoms with Crippen LogP contribution < -0.4 is 5.32 Å². The highest BCUT2D eigenvalue weighted by molar-refractivity contribution is 4.91. The lowest BCUT2D eigenvalue weighted by molar-refractivity contribution is -0.162. The molecule has 2 aliphatic rings. The lowest BCUT2D eigenvalue weighted by atomic mass is 9.70. The van der Waals surface area contributed by atoms with Gasteiger partial charge in [0.2, 0.25) is 0 Å². The Bertz CT molecular complexity index is 236. The van der Waals surface area contributed by atoms with Crippen molar-refractivity contribution in [2.45, 2.75) is 71.6 Å². The molecule has 0 aromatic carbocycles. The van der Waals surface area contributed by atoms with Gasteiger partial charge in [0, 0.05) is 6.54 Å². The Morgan fingerprint density at radius 3 is 2.25 bits per heavy atom. The molecule has 1 N–H and O–H groups in total. The smallest absolute Gasteiger partial charge is 0.119 e. The topological polar surface area (TPSA) is 21.3 Å². The van der Waals surface area contributed by atoms with Gasteiger partial charge in [0.1, 0.15) is 5.72 Å². The summed E-state index contributed by atoms with van der Waals surface area (Å²) in [7, 11) is 0. The van der Waals surface area contributed by atoms with Gasteiger partial charge in [0.05, 0.1) is 6.10 Å². The van der Waals surface area contributed by atoms with Crippen LogP contribution in [0.25, 0.3) is 0 Å². The molecule has 2 fully saturated rings. The van der Waals surface area contributed by atoms with Crippen molar-refractivity contribution in [1.82, 2.24) is 5.32 Å². The van der Waals surface area contributed by atoms with E-state index in [0.29, 0.717) is 11.5 Å². The normalized spacial score (nSPS) is 41.2. The van der Waals surface area contributed by atoms with Gasteiger partial charge in [0.25, 0.3) is 0 Å². The standard InChI is InChI=1S/C14H27NO/c1-11-7-10-15-14(16-11)8-5-12(6-9-14)13(2,3)4/h11-12,15H,5-10H2,1-4H3. The summed E-state index contributed by atoms with van der Waals surface area (Å²) in [4.78, 5) is 0. The first kappa shape index (κ1) is 12.4. The number of hydrogen-bond acceptors (Lipinski definition) is 2. The number of rotatable bonds is 0. The van der Waals surface area contributed by atoms with Gasteiger partial charge in [-0.1, -0.05) is 20.8 Å². The maximum atomic E-state index is 6.16. The molecule has 0 amide bonds. The minimum Gasteiger partial charge on any atom is -0.358 e. The second kappa shape index (κ2) is 4.30. The van der Waals surface area contributed by atoms with E-state index in [0.717, 1.165) is 18.9 Å². The summed E-state index contributed by atoms with van der Waals surface area (Å²) in [6.07, 6.45) is 6.60. The fraction of sp³-hybridized carbons (Fsp3) is 1.00. The maximum absolute atomic E-state index is 6.16. The number of ether oxygens (including phenoxy) is 1. The van der Waals surface area contributed by atoms with Crippen molar-refractivity contribution in [3.8, 4) is 0 Å². The van der Waals surface area contributed by atoms with Gasteiger partial charge < -0.3 is 4.74 Å². The average molecular weight is 225 g/mol. The van der Waals surface area contributed by atoms with E-state index in [1.165, 1.54) is 25.7 Å². The first-order chi connectivity index (χ1) is 7.41. The van der Waals surface area contributed by atoms with Gasteiger partial charge in [-0.05, 0) is 50.4 Å². The monoisotopic (exact) mass is 225 g/mol. The van der Waals surface area contributed by atoms with Crippen LogP contribution in [0.1, 0.15) is 59.8 Å². The predicted molar refractivity (Wildman–Crippen MR) is 67.3 cm³/mol. The van der Waals surface area contributed by atoms with E-state index in [1.807, 2.05) is 0 Å². The Hall–Kier alpha value is -0.0800. The molecule has 0 bridgehead atoms. The first-order valence-electron chi connectivity index (χ1n) is 6.84. The van der Waals surface area contributed by atoms with Crippen molar-refractivity contribution in [3.63, 3.8) is 0 Å². The molecule has 1 saturated heterocycles. The van der Waals surface area contributed by atoms with Gasteiger partial charge in [-0.2, -0.15) is 0 Å². The minimum atomic E-state index is 0.0272. The third-order valence-corrected chi connectivity index (χ3v) is 4.44. The molecule has 1 aliphatic heterocycles. The van der Waals surface area contributed by atoms with E-state index < -0.39 is 0 Å². The third kappa shape index (κ3) is 2.60. The van der Waals surface area contributed by atoms with Crippen LogP contribution in [-0.2, 0) is 4.74 Å². The Kier molecular flexibility index (Phi) is 3.33. The summed E-state index contributed by atoms with van der Waals surface area (Å²) in [6.45, 7) is 10.4. The first-order valence-corrected chi connectivity index (χ1v) is 6.84. The van der Waals surface area contributed by atoms with Crippen molar-refractivity contribution in [2.75, 3.05) is 6.54 Å². The molecule has 16 heavy (non-hydrogen) atoms. The van der Waals surface area contributed by atoms with Crippen LogP contribution in [0, 0.1) is 11.3 Å². The highest BCUT2D eigenvalue weighted by Gasteiger charge is 2.41. The quantitative estimate of drug-likeness (QED) is 0.683.